The van der Waals surface area contributed by atoms with Crippen molar-refractivity contribution in [3.63, 3.8) is 0 Å². The van der Waals surface area contributed by atoms with Gasteiger partial charge in [-0.15, -0.1) is 0 Å². The number of methoxy groups -OCH3 is 2. The van der Waals surface area contributed by atoms with Crippen LogP contribution in [0, 0.1) is 5.92 Å². The fourth-order valence-electron chi connectivity index (χ4n) is 1.86. The van der Waals surface area contributed by atoms with E-state index in [1.165, 1.54) is 0 Å². The summed E-state index contributed by atoms with van der Waals surface area (Å²) in [5.41, 5.74) is 0.695. The van der Waals surface area contributed by atoms with Crippen molar-refractivity contribution >= 4 is 5.78 Å². The summed E-state index contributed by atoms with van der Waals surface area (Å²) in [5, 5.41) is 0. The maximum atomic E-state index is 12.1. The average Bonchev–Trinajstić information content (AvgIpc) is 2.26. The van der Waals surface area contributed by atoms with Gasteiger partial charge in [0.25, 0.3) is 0 Å². The molecule has 0 unspecified atom stereocenters. The Kier molecular flexibility index (Phi) is 3.13. The van der Waals surface area contributed by atoms with Crippen LogP contribution in [0.3, 0.4) is 0 Å². The number of carbonyl (C=O) groups is 1. The Labute approximate surface area is 95.4 Å². The molecule has 86 valence electrons. The zero-order valence-electron chi connectivity index (χ0n) is 9.66. The topological polar surface area (TPSA) is 35.5 Å². The first kappa shape index (κ1) is 11.0. The van der Waals surface area contributed by atoms with Gasteiger partial charge in [-0.2, -0.15) is 0 Å². The summed E-state index contributed by atoms with van der Waals surface area (Å²) in [7, 11) is 3.18. The molecular weight excluding hydrogens is 204 g/mol. The lowest BCUT2D eigenvalue weighted by molar-refractivity contribution is 0.0854. The minimum Gasteiger partial charge on any atom is -0.497 e. The minimum absolute atomic E-state index is 0.205. The molecule has 1 fully saturated rings. The number of benzene rings is 1. The molecule has 0 bridgehead atoms. The standard InChI is InChI=1S/C13H16O3/c1-15-11-6-10(7-12(8-11)16-2)13(14)9-4-3-5-9/h6-9H,3-5H2,1-2H3. The maximum Gasteiger partial charge on any atom is 0.166 e. The summed E-state index contributed by atoms with van der Waals surface area (Å²) in [6, 6.07) is 5.34. The second kappa shape index (κ2) is 4.56. The molecule has 1 aromatic carbocycles. The van der Waals surface area contributed by atoms with E-state index in [4.69, 9.17) is 9.47 Å². The van der Waals surface area contributed by atoms with Gasteiger partial charge in [0.1, 0.15) is 11.5 Å². The van der Waals surface area contributed by atoms with Crippen LogP contribution in [0.2, 0.25) is 0 Å². The highest BCUT2D eigenvalue weighted by molar-refractivity contribution is 5.99. The van der Waals surface area contributed by atoms with Crippen LogP contribution in [0.5, 0.6) is 11.5 Å². The molecule has 0 N–H and O–H groups in total. The monoisotopic (exact) mass is 220 g/mol. The van der Waals surface area contributed by atoms with Crippen molar-refractivity contribution in [1.29, 1.82) is 0 Å². The predicted octanol–water partition coefficient (Wildman–Crippen LogP) is 2.69. The van der Waals surface area contributed by atoms with Crippen LogP contribution in [0.25, 0.3) is 0 Å². The fraction of sp³-hybridized carbons (Fsp3) is 0.462. The van der Waals surface area contributed by atoms with E-state index >= 15 is 0 Å². The lowest BCUT2D eigenvalue weighted by Crippen LogP contribution is -2.21. The normalized spacial score (nSPS) is 15.4. The molecule has 0 aromatic heterocycles. The van der Waals surface area contributed by atoms with Gasteiger partial charge in [0.05, 0.1) is 14.2 Å². The Morgan fingerprint density at radius 2 is 1.69 bits per heavy atom. The number of carbonyl (C=O) groups excluding carboxylic acids is 1. The van der Waals surface area contributed by atoms with Gasteiger partial charge in [-0.3, -0.25) is 4.79 Å². The number of hydrogen-bond acceptors (Lipinski definition) is 3. The van der Waals surface area contributed by atoms with Crippen molar-refractivity contribution in [1.82, 2.24) is 0 Å². The third-order valence-electron chi connectivity index (χ3n) is 3.11. The zero-order valence-corrected chi connectivity index (χ0v) is 9.66. The van der Waals surface area contributed by atoms with Crippen LogP contribution in [0.4, 0.5) is 0 Å². The number of ether oxygens (including phenoxy) is 2. The summed E-state index contributed by atoms with van der Waals surface area (Å²) in [4.78, 5) is 12.1. The summed E-state index contributed by atoms with van der Waals surface area (Å²) < 4.78 is 10.3. The molecule has 3 heteroatoms. The SMILES string of the molecule is COc1cc(OC)cc(C(=O)C2CCC2)c1. The first-order valence-electron chi connectivity index (χ1n) is 5.52. The molecule has 1 saturated carbocycles. The molecule has 0 heterocycles. The van der Waals surface area contributed by atoms with Crippen molar-refractivity contribution in [3.8, 4) is 11.5 Å². The van der Waals surface area contributed by atoms with Crippen LogP contribution in [0.15, 0.2) is 18.2 Å². The molecule has 0 radical (unpaired) electrons. The Hall–Kier alpha value is -1.51. The van der Waals surface area contributed by atoms with E-state index < -0.39 is 0 Å². The van der Waals surface area contributed by atoms with Crippen LogP contribution in [-0.2, 0) is 0 Å². The van der Waals surface area contributed by atoms with Gasteiger partial charge >= 0.3 is 0 Å². The highest BCUT2D eigenvalue weighted by atomic mass is 16.5. The van der Waals surface area contributed by atoms with Gasteiger partial charge in [0.15, 0.2) is 5.78 Å². The molecule has 16 heavy (non-hydrogen) atoms. The molecule has 0 amide bonds. The molecule has 0 atom stereocenters. The summed E-state index contributed by atoms with van der Waals surface area (Å²) in [6.07, 6.45) is 3.19. The van der Waals surface area contributed by atoms with E-state index in [0.717, 1.165) is 19.3 Å². The van der Waals surface area contributed by atoms with Crippen LogP contribution in [-0.4, -0.2) is 20.0 Å². The first-order chi connectivity index (χ1) is 7.74. The Morgan fingerprint density at radius 3 is 2.06 bits per heavy atom. The molecule has 3 nitrogen and oxygen atoms in total. The second-order valence-corrected chi connectivity index (χ2v) is 4.09. The molecule has 0 aliphatic heterocycles. The molecule has 2 rings (SSSR count). The van der Waals surface area contributed by atoms with Gasteiger partial charge in [0.2, 0.25) is 0 Å². The van der Waals surface area contributed by atoms with Crippen molar-refractivity contribution in [2.45, 2.75) is 19.3 Å². The van der Waals surface area contributed by atoms with Gasteiger partial charge in [0, 0.05) is 17.5 Å². The van der Waals surface area contributed by atoms with Gasteiger partial charge in [-0.25, -0.2) is 0 Å². The number of rotatable bonds is 4. The van der Waals surface area contributed by atoms with Crippen LogP contribution >= 0.6 is 0 Å². The highest BCUT2D eigenvalue weighted by Gasteiger charge is 2.26. The lowest BCUT2D eigenvalue weighted by atomic mass is 9.80. The maximum absolute atomic E-state index is 12.1. The van der Waals surface area contributed by atoms with Crippen molar-refractivity contribution in [2.75, 3.05) is 14.2 Å². The van der Waals surface area contributed by atoms with Crippen molar-refractivity contribution < 1.29 is 14.3 Å². The van der Waals surface area contributed by atoms with Gasteiger partial charge in [-0.05, 0) is 25.0 Å². The Morgan fingerprint density at radius 1 is 1.12 bits per heavy atom. The van der Waals surface area contributed by atoms with E-state index in [2.05, 4.69) is 0 Å². The molecule has 1 aromatic rings. The molecule has 0 saturated heterocycles. The average molecular weight is 220 g/mol. The second-order valence-electron chi connectivity index (χ2n) is 4.09. The van der Waals surface area contributed by atoms with E-state index in [0.29, 0.717) is 17.1 Å². The lowest BCUT2D eigenvalue weighted by Gasteiger charge is -2.24. The Balaban J connectivity index is 2.27. The van der Waals surface area contributed by atoms with E-state index in [1.54, 1.807) is 32.4 Å². The largest absolute Gasteiger partial charge is 0.497 e. The summed E-state index contributed by atoms with van der Waals surface area (Å²) in [6.45, 7) is 0. The third-order valence-corrected chi connectivity index (χ3v) is 3.11. The minimum atomic E-state index is 0.205. The third kappa shape index (κ3) is 2.03. The summed E-state index contributed by atoms with van der Waals surface area (Å²) in [5.74, 6) is 1.75. The molecule has 0 spiro atoms. The fourth-order valence-corrected chi connectivity index (χ4v) is 1.86. The number of Topliss-reactive ketones (excluding diaryl/α,β-unsaturated/α-hetero) is 1. The highest BCUT2D eigenvalue weighted by Crippen LogP contribution is 2.32. The van der Waals surface area contributed by atoms with E-state index in [9.17, 15) is 4.79 Å². The number of hydrogen-bond donors (Lipinski definition) is 0. The van der Waals surface area contributed by atoms with E-state index in [-0.39, 0.29) is 11.7 Å². The smallest absolute Gasteiger partial charge is 0.166 e. The molecule has 1 aliphatic carbocycles. The van der Waals surface area contributed by atoms with E-state index in [1.807, 2.05) is 0 Å². The molecular formula is C13H16O3. The quantitative estimate of drug-likeness (QED) is 0.732. The predicted molar refractivity (Wildman–Crippen MR) is 61.2 cm³/mol. The number of ketones is 1. The van der Waals surface area contributed by atoms with Crippen LogP contribution < -0.4 is 9.47 Å². The van der Waals surface area contributed by atoms with Gasteiger partial charge in [-0.1, -0.05) is 6.42 Å². The molecule has 1 aliphatic rings. The first-order valence-corrected chi connectivity index (χ1v) is 5.52. The van der Waals surface area contributed by atoms with Crippen molar-refractivity contribution in [3.05, 3.63) is 23.8 Å². The van der Waals surface area contributed by atoms with Crippen LogP contribution in [0.1, 0.15) is 29.6 Å². The van der Waals surface area contributed by atoms with Crippen molar-refractivity contribution in [2.24, 2.45) is 5.92 Å². The zero-order chi connectivity index (χ0) is 11.5. The Bertz CT molecular complexity index is 372. The van der Waals surface area contributed by atoms with Gasteiger partial charge < -0.3 is 9.47 Å². The summed E-state index contributed by atoms with van der Waals surface area (Å²) >= 11 is 0.